The molecule has 0 aliphatic heterocycles. The van der Waals surface area contributed by atoms with E-state index in [1.807, 2.05) is 0 Å². The van der Waals surface area contributed by atoms with Crippen LogP contribution in [0.15, 0.2) is 12.7 Å². The topological polar surface area (TPSA) is 74.6 Å². The number of carbonyl (C=O) groups is 2. The van der Waals surface area contributed by atoms with Crippen molar-refractivity contribution < 1.29 is 41.5 Å². The van der Waals surface area contributed by atoms with E-state index in [0.717, 1.165) is 12.8 Å². The summed E-state index contributed by atoms with van der Waals surface area (Å²) in [5.41, 5.74) is 0. The Morgan fingerprint density at radius 2 is 1.03 bits per heavy atom. The van der Waals surface area contributed by atoms with Crippen LogP contribution in [-0.2, 0) is 31.3 Å². The van der Waals surface area contributed by atoms with E-state index in [-0.39, 0.29) is 33.6 Å². The van der Waals surface area contributed by atoms with Gasteiger partial charge in [-0.1, -0.05) is 96.8 Å². The number of hydrogen-bond donors (Lipinski definition) is 2. The van der Waals surface area contributed by atoms with Gasteiger partial charge in [-0.25, -0.2) is 0 Å². The number of aliphatic carboxylic acids is 1. The van der Waals surface area contributed by atoms with E-state index in [0.29, 0.717) is 6.42 Å². The van der Waals surface area contributed by atoms with Crippen molar-refractivity contribution in [3.63, 3.8) is 0 Å². The number of ketones is 1. The van der Waals surface area contributed by atoms with Crippen LogP contribution in [-0.4, -0.2) is 28.1 Å². The maximum atomic E-state index is 10.3. The normalized spacial score (nSPS) is 9.50. The average Bonchev–Trinajstić information content (AvgIpc) is 2.64. The monoisotopic (exact) mass is 461 g/mol. The summed E-state index contributed by atoms with van der Waals surface area (Å²) in [4.78, 5) is 19.9. The molecule has 0 spiro atoms. The minimum Gasteiger partial charge on any atom is -0.481 e. The third-order valence-electron chi connectivity index (χ3n) is 4.22. The number of carbonyl (C=O) groups excluding carboxylic acids is 1. The van der Waals surface area contributed by atoms with Crippen LogP contribution in [0.3, 0.4) is 0 Å². The minimum atomic E-state index is -0.653. The fourth-order valence-corrected chi connectivity index (χ4v) is 2.65. The number of carboxylic acids is 1. The molecule has 178 valence electrons. The molecule has 0 aromatic heterocycles. The molecule has 0 aliphatic carbocycles. The van der Waals surface area contributed by atoms with Crippen molar-refractivity contribution >= 4 is 11.8 Å². The average molecular weight is 462 g/mol. The molecule has 0 saturated carbocycles. The van der Waals surface area contributed by atoms with Gasteiger partial charge in [0.2, 0.25) is 0 Å². The zero-order chi connectivity index (χ0) is 22.8. The second-order valence-electron chi connectivity index (χ2n) is 7.86. The van der Waals surface area contributed by atoms with E-state index in [2.05, 4.69) is 20.4 Å². The molecule has 0 rings (SSSR count). The van der Waals surface area contributed by atoms with Crippen molar-refractivity contribution in [1.29, 1.82) is 0 Å². The molecule has 0 heterocycles. The molecule has 0 atom stereocenters. The van der Waals surface area contributed by atoms with Gasteiger partial charge in [-0.05, 0) is 20.3 Å². The second kappa shape index (κ2) is 33.1. The van der Waals surface area contributed by atoms with Gasteiger partial charge in [-0.2, -0.15) is 19.6 Å². The molecule has 0 aromatic carbocycles. The summed E-state index contributed by atoms with van der Waals surface area (Å²) >= 11 is 0. The summed E-state index contributed by atoms with van der Waals surface area (Å²) < 4.78 is 0. The van der Waals surface area contributed by atoms with Gasteiger partial charge in [-0.15, -0.1) is 0 Å². The zero-order valence-corrected chi connectivity index (χ0v) is 21.7. The van der Waals surface area contributed by atoms with E-state index in [4.69, 9.17) is 10.2 Å². The van der Waals surface area contributed by atoms with Crippen molar-refractivity contribution in [3.05, 3.63) is 19.6 Å². The molecule has 0 bridgehead atoms. The molecule has 0 aliphatic rings. The maximum Gasteiger partial charge on any atom is 0.303 e. The number of rotatable bonds is 17. The first kappa shape index (κ1) is 36.8. The third-order valence-corrected chi connectivity index (χ3v) is 4.22. The summed E-state index contributed by atoms with van der Waals surface area (Å²) in [6, 6.07) is 0. The first-order valence-corrected chi connectivity index (χ1v) is 11.7. The summed E-state index contributed by atoms with van der Waals surface area (Å²) in [7, 11) is 0. The first-order chi connectivity index (χ1) is 13.8. The Hall–Kier alpha value is -0.576. The van der Waals surface area contributed by atoms with Gasteiger partial charge in [0.1, 0.15) is 0 Å². The largest absolute Gasteiger partial charge is 0.481 e. The van der Waals surface area contributed by atoms with Gasteiger partial charge in [0, 0.05) is 40.0 Å². The van der Waals surface area contributed by atoms with Crippen LogP contribution in [0.5, 0.6) is 0 Å². The molecular weight excluding hydrogens is 412 g/mol. The van der Waals surface area contributed by atoms with E-state index >= 15 is 0 Å². The number of aliphatic hydroxyl groups excluding tert-OH is 1. The number of aliphatic hydroxyl groups is 1. The molecule has 0 amide bonds. The van der Waals surface area contributed by atoms with Crippen LogP contribution < -0.4 is 0 Å². The molecule has 0 fully saturated rings. The second-order valence-corrected chi connectivity index (χ2v) is 7.86. The van der Waals surface area contributed by atoms with E-state index < -0.39 is 5.97 Å². The Balaban J connectivity index is -0.000000283. The van der Waals surface area contributed by atoms with Gasteiger partial charge >= 0.3 is 5.97 Å². The predicted molar refractivity (Wildman–Crippen MR) is 125 cm³/mol. The molecule has 4 nitrogen and oxygen atoms in total. The molecule has 0 unspecified atom stereocenters. The number of hydrogen-bond acceptors (Lipinski definition) is 3. The Morgan fingerprint density at radius 1 is 0.800 bits per heavy atom. The quantitative estimate of drug-likeness (QED) is 0.103. The van der Waals surface area contributed by atoms with E-state index in [9.17, 15) is 9.59 Å². The summed E-state index contributed by atoms with van der Waals surface area (Å²) in [5, 5.41) is 16.6. The van der Waals surface area contributed by atoms with E-state index in [1.165, 1.54) is 89.5 Å². The Labute approximate surface area is 202 Å². The number of allylic oxidation sites excluding steroid dienone is 1. The molecule has 0 radical (unpaired) electrons. The van der Waals surface area contributed by atoms with Crippen molar-refractivity contribution in [2.45, 2.75) is 130 Å². The van der Waals surface area contributed by atoms with Crippen LogP contribution >= 0.6 is 0 Å². The predicted octanol–water partition coefficient (Wildman–Crippen LogP) is 7.29. The van der Waals surface area contributed by atoms with Crippen LogP contribution in [0.1, 0.15) is 124 Å². The molecule has 2 N–H and O–H groups in total. The smallest absolute Gasteiger partial charge is 0.303 e. The van der Waals surface area contributed by atoms with Crippen molar-refractivity contribution in [2.24, 2.45) is 0 Å². The number of carboxylic acid groups (broad SMARTS) is 1. The van der Waals surface area contributed by atoms with Crippen LogP contribution in [0.4, 0.5) is 0 Å². The minimum absolute atomic E-state index is 0. The molecule has 30 heavy (non-hydrogen) atoms. The third kappa shape index (κ3) is 56.4. The van der Waals surface area contributed by atoms with Crippen LogP contribution in [0, 0.1) is 6.92 Å². The van der Waals surface area contributed by atoms with Crippen LogP contribution in [0.2, 0.25) is 0 Å². The Kier molecular flexibility index (Phi) is 40.5. The molecule has 5 heteroatoms. The van der Waals surface area contributed by atoms with Crippen molar-refractivity contribution in [2.75, 3.05) is 0 Å². The fourth-order valence-electron chi connectivity index (χ4n) is 2.65. The van der Waals surface area contributed by atoms with Crippen molar-refractivity contribution in [1.82, 2.24) is 0 Å². The molecular formula is C25H49O4Ti-. The van der Waals surface area contributed by atoms with Crippen LogP contribution in [0.25, 0.3) is 0 Å². The Bertz CT molecular complexity index is 354. The van der Waals surface area contributed by atoms with Gasteiger partial charge < -0.3 is 15.0 Å². The van der Waals surface area contributed by atoms with Gasteiger partial charge in [-0.3, -0.25) is 4.79 Å². The summed E-state index contributed by atoms with van der Waals surface area (Å²) in [6.07, 6.45) is 21.2. The maximum absolute atomic E-state index is 10.3. The van der Waals surface area contributed by atoms with E-state index in [1.54, 1.807) is 13.8 Å². The van der Waals surface area contributed by atoms with Crippen molar-refractivity contribution in [3.8, 4) is 0 Å². The standard InChI is InChI=1S/C18H36O2.C4H5O.C3H8O.Ti/c1-2-3-4-5-6-7-8-9-10-11-12-13-14-15-16-17-18(19)20;1-3-4(2)5;1-3(2)4;/h2-17H2,1H3,(H,19,20);3H,1-2H2;3-4H,1-2H3;/q;-1;;. The fraction of sp³-hybridized carbons (Fsp3) is 0.800. The zero-order valence-electron chi connectivity index (χ0n) is 20.1. The van der Waals surface area contributed by atoms with Gasteiger partial charge in [0.25, 0.3) is 0 Å². The SMILES string of the molecule is C=CC([CH2-])=O.CC(C)O.CCCCCCCCCCCCCCCCCC(=O)O.[Ti]. The molecule has 0 aromatic rings. The first-order valence-electron chi connectivity index (χ1n) is 11.7. The molecule has 0 saturated heterocycles. The Morgan fingerprint density at radius 3 is 1.23 bits per heavy atom. The summed E-state index contributed by atoms with van der Waals surface area (Å²) in [5.74, 6) is -0.885. The summed E-state index contributed by atoms with van der Waals surface area (Å²) in [6.45, 7) is 11.9. The van der Waals surface area contributed by atoms with Gasteiger partial charge in [0.15, 0.2) is 0 Å². The number of unbranched alkanes of at least 4 members (excludes halogenated alkanes) is 14. The van der Waals surface area contributed by atoms with Gasteiger partial charge in [0.05, 0.1) is 0 Å².